The van der Waals surface area contributed by atoms with E-state index < -0.39 is 11.7 Å². The van der Waals surface area contributed by atoms with E-state index in [0.29, 0.717) is 25.2 Å². The highest BCUT2D eigenvalue weighted by atomic mass is 19.4. The number of anilines is 1. The number of alkyl halides is 3. The average molecular weight is 393 g/mol. The number of pyridine rings is 1. The number of amides is 1. The standard InChI is InChI=1S/C20H19F4N3O/c1-12(28)27-10-14-9-26(18-8-15(5-6-25-18)20(22,23)24)11-17(14)19(27)13-3-2-4-16(21)7-13/h2-8,14,17,19H,9-11H2,1H3/t14-,17-,19+/m1/s1. The van der Waals surface area contributed by atoms with Gasteiger partial charge < -0.3 is 9.80 Å². The van der Waals surface area contributed by atoms with Gasteiger partial charge in [-0.25, -0.2) is 9.37 Å². The quantitative estimate of drug-likeness (QED) is 0.727. The minimum atomic E-state index is -4.43. The van der Waals surface area contributed by atoms with Gasteiger partial charge in [-0.05, 0) is 29.8 Å². The highest BCUT2D eigenvalue weighted by Crippen LogP contribution is 2.46. The zero-order valence-corrected chi connectivity index (χ0v) is 15.2. The van der Waals surface area contributed by atoms with E-state index in [1.807, 2.05) is 4.90 Å². The predicted molar refractivity (Wildman–Crippen MR) is 95.0 cm³/mol. The monoisotopic (exact) mass is 393 g/mol. The van der Waals surface area contributed by atoms with Crippen LogP contribution in [0, 0.1) is 17.7 Å². The molecule has 2 aliphatic heterocycles. The Balaban J connectivity index is 1.63. The number of halogens is 4. The molecule has 2 aromatic rings. The molecule has 28 heavy (non-hydrogen) atoms. The summed E-state index contributed by atoms with van der Waals surface area (Å²) in [6.07, 6.45) is -3.26. The van der Waals surface area contributed by atoms with Crippen LogP contribution in [-0.2, 0) is 11.0 Å². The Morgan fingerprint density at radius 3 is 2.61 bits per heavy atom. The van der Waals surface area contributed by atoms with Gasteiger partial charge in [-0.1, -0.05) is 12.1 Å². The van der Waals surface area contributed by atoms with Gasteiger partial charge in [0.05, 0.1) is 11.6 Å². The first-order valence-corrected chi connectivity index (χ1v) is 9.05. The largest absolute Gasteiger partial charge is 0.416 e. The Kier molecular flexibility index (Phi) is 4.51. The van der Waals surface area contributed by atoms with Crippen molar-refractivity contribution >= 4 is 11.7 Å². The number of benzene rings is 1. The Morgan fingerprint density at radius 2 is 1.93 bits per heavy atom. The van der Waals surface area contributed by atoms with Gasteiger partial charge in [0.25, 0.3) is 0 Å². The summed E-state index contributed by atoms with van der Waals surface area (Å²) >= 11 is 0. The van der Waals surface area contributed by atoms with Gasteiger partial charge >= 0.3 is 6.18 Å². The van der Waals surface area contributed by atoms with Gasteiger partial charge in [-0.2, -0.15) is 13.2 Å². The third-order valence-electron chi connectivity index (χ3n) is 5.66. The molecule has 1 aromatic heterocycles. The lowest BCUT2D eigenvalue weighted by atomic mass is 9.89. The van der Waals surface area contributed by atoms with Crippen LogP contribution < -0.4 is 4.90 Å². The normalized spacial score (nSPS) is 24.5. The minimum absolute atomic E-state index is 0.00189. The SMILES string of the molecule is CC(=O)N1C[C@H]2CN(c3cc(C(F)(F)F)ccn3)C[C@H]2[C@@H]1c1cccc(F)c1. The number of carbonyl (C=O) groups excluding carboxylic acids is 1. The topological polar surface area (TPSA) is 36.4 Å². The lowest BCUT2D eigenvalue weighted by Gasteiger charge is -2.29. The summed E-state index contributed by atoms with van der Waals surface area (Å²) in [6, 6.07) is 7.88. The highest BCUT2D eigenvalue weighted by Gasteiger charge is 2.49. The van der Waals surface area contributed by atoms with E-state index in [4.69, 9.17) is 0 Å². The average Bonchev–Trinajstić information content (AvgIpc) is 3.19. The molecule has 3 atom stereocenters. The molecule has 2 fully saturated rings. The van der Waals surface area contributed by atoms with Crippen molar-refractivity contribution in [1.82, 2.24) is 9.88 Å². The number of aromatic nitrogens is 1. The lowest BCUT2D eigenvalue weighted by molar-refractivity contribution is -0.137. The molecule has 1 amide bonds. The van der Waals surface area contributed by atoms with Crippen molar-refractivity contribution in [3.8, 4) is 0 Å². The van der Waals surface area contributed by atoms with Crippen molar-refractivity contribution in [3.63, 3.8) is 0 Å². The maximum atomic E-state index is 13.8. The van der Waals surface area contributed by atoms with Crippen LogP contribution >= 0.6 is 0 Å². The van der Waals surface area contributed by atoms with Crippen LogP contribution in [0.1, 0.15) is 24.1 Å². The predicted octanol–water partition coefficient (Wildman–Crippen LogP) is 3.90. The van der Waals surface area contributed by atoms with Gasteiger partial charge in [0, 0.05) is 44.6 Å². The van der Waals surface area contributed by atoms with E-state index in [-0.39, 0.29) is 35.4 Å². The first kappa shape index (κ1) is 18.7. The van der Waals surface area contributed by atoms with E-state index in [2.05, 4.69) is 4.98 Å². The van der Waals surface area contributed by atoms with E-state index in [0.717, 1.165) is 18.3 Å². The van der Waals surface area contributed by atoms with Gasteiger partial charge in [-0.3, -0.25) is 4.79 Å². The summed E-state index contributed by atoms with van der Waals surface area (Å²) in [5.74, 6) is -0.0987. The zero-order valence-electron chi connectivity index (χ0n) is 15.2. The number of fused-ring (bicyclic) bond motifs is 1. The fourth-order valence-electron chi connectivity index (χ4n) is 4.44. The first-order valence-electron chi connectivity index (χ1n) is 9.05. The summed E-state index contributed by atoms with van der Waals surface area (Å²) in [5, 5.41) is 0. The summed E-state index contributed by atoms with van der Waals surface area (Å²) in [5.41, 5.74) is -0.0249. The number of nitrogens with zero attached hydrogens (tertiary/aromatic N) is 3. The Morgan fingerprint density at radius 1 is 1.14 bits per heavy atom. The molecule has 148 valence electrons. The molecule has 4 rings (SSSR count). The van der Waals surface area contributed by atoms with Crippen molar-refractivity contribution < 1.29 is 22.4 Å². The molecular weight excluding hydrogens is 374 g/mol. The maximum Gasteiger partial charge on any atom is 0.416 e. The number of likely N-dealkylation sites (tertiary alicyclic amines) is 1. The highest BCUT2D eigenvalue weighted by molar-refractivity contribution is 5.74. The van der Waals surface area contributed by atoms with Crippen molar-refractivity contribution in [2.24, 2.45) is 11.8 Å². The molecular formula is C20H19F4N3O. The fourth-order valence-corrected chi connectivity index (χ4v) is 4.44. The molecule has 0 bridgehead atoms. The minimum Gasteiger partial charge on any atom is -0.356 e. The van der Waals surface area contributed by atoms with Crippen molar-refractivity contribution in [2.75, 3.05) is 24.5 Å². The van der Waals surface area contributed by atoms with Crippen LogP contribution in [0.15, 0.2) is 42.6 Å². The Bertz CT molecular complexity index is 901. The molecule has 0 N–H and O–H groups in total. The van der Waals surface area contributed by atoms with Gasteiger partial charge in [-0.15, -0.1) is 0 Å². The smallest absolute Gasteiger partial charge is 0.356 e. The van der Waals surface area contributed by atoms with Crippen LogP contribution in [0.3, 0.4) is 0 Å². The summed E-state index contributed by atoms with van der Waals surface area (Å²) in [4.78, 5) is 19.8. The van der Waals surface area contributed by atoms with Crippen molar-refractivity contribution in [2.45, 2.75) is 19.1 Å². The molecule has 8 heteroatoms. The molecule has 2 saturated heterocycles. The summed E-state index contributed by atoms with van der Waals surface area (Å²) < 4.78 is 52.8. The number of hydrogen-bond donors (Lipinski definition) is 0. The maximum absolute atomic E-state index is 13.8. The van der Waals surface area contributed by atoms with Crippen LogP contribution in [0.5, 0.6) is 0 Å². The first-order chi connectivity index (χ1) is 13.2. The van der Waals surface area contributed by atoms with Gasteiger partial charge in [0.2, 0.25) is 5.91 Å². The van der Waals surface area contributed by atoms with E-state index in [1.165, 1.54) is 19.1 Å². The summed E-state index contributed by atoms with van der Waals surface area (Å²) in [6.45, 7) is 2.95. The lowest BCUT2D eigenvalue weighted by Crippen LogP contribution is -2.34. The van der Waals surface area contributed by atoms with Crippen LogP contribution in [0.2, 0.25) is 0 Å². The van der Waals surface area contributed by atoms with Crippen molar-refractivity contribution in [1.29, 1.82) is 0 Å². The molecule has 0 unspecified atom stereocenters. The van der Waals surface area contributed by atoms with E-state index in [9.17, 15) is 22.4 Å². The second-order valence-corrected chi connectivity index (χ2v) is 7.40. The molecule has 0 saturated carbocycles. The second-order valence-electron chi connectivity index (χ2n) is 7.40. The number of rotatable bonds is 2. The van der Waals surface area contributed by atoms with Crippen molar-refractivity contribution in [3.05, 3.63) is 59.5 Å². The molecule has 0 aliphatic carbocycles. The van der Waals surface area contributed by atoms with Gasteiger partial charge in [0.1, 0.15) is 11.6 Å². The summed E-state index contributed by atoms with van der Waals surface area (Å²) in [7, 11) is 0. The zero-order chi connectivity index (χ0) is 20.1. The van der Waals surface area contributed by atoms with Crippen LogP contribution in [0.4, 0.5) is 23.4 Å². The van der Waals surface area contributed by atoms with E-state index >= 15 is 0 Å². The van der Waals surface area contributed by atoms with Gasteiger partial charge in [0.15, 0.2) is 0 Å². The number of carbonyl (C=O) groups is 1. The molecule has 0 spiro atoms. The fraction of sp³-hybridized carbons (Fsp3) is 0.400. The molecule has 2 aliphatic rings. The Hall–Kier alpha value is -2.64. The molecule has 4 nitrogen and oxygen atoms in total. The Labute approximate surface area is 159 Å². The van der Waals surface area contributed by atoms with Crippen LogP contribution in [-0.4, -0.2) is 35.4 Å². The number of hydrogen-bond acceptors (Lipinski definition) is 3. The second kappa shape index (κ2) is 6.76. The van der Waals surface area contributed by atoms with Crippen LogP contribution in [0.25, 0.3) is 0 Å². The third-order valence-corrected chi connectivity index (χ3v) is 5.66. The molecule has 3 heterocycles. The molecule has 0 radical (unpaired) electrons. The third kappa shape index (κ3) is 3.31. The van der Waals surface area contributed by atoms with E-state index in [1.54, 1.807) is 17.0 Å². The molecule has 1 aromatic carbocycles.